The SMILES string of the molecule is O=C(Cc1ccc(Br)cc1F)c1nc2ccccc2s1. The van der Waals surface area contributed by atoms with Gasteiger partial charge in [0, 0.05) is 10.9 Å². The third-order valence-corrected chi connectivity index (χ3v) is 4.47. The molecule has 0 aliphatic heterocycles. The molecule has 0 fully saturated rings. The molecule has 0 radical (unpaired) electrons. The summed E-state index contributed by atoms with van der Waals surface area (Å²) in [5.74, 6) is -0.541. The van der Waals surface area contributed by atoms with Crippen molar-refractivity contribution in [1.82, 2.24) is 4.98 Å². The minimum absolute atomic E-state index is 0.0267. The number of fused-ring (bicyclic) bond motifs is 1. The molecule has 0 bridgehead atoms. The van der Waals surface area contributed by atoms with Crippen molar-refractivity contribution in [3.63, 3.8) is 0 Å². The van der Waals surface area contributed by atoms with E-state index in [0.717, 1.165) is 10.2 Å². The fourth-order valence-electron chi connectivity index (χ4n) is 1.91. The zero-order valence-electron chi connectivity index (χ0n) is 10.3. The van der Waals surface area contributed by atoms with Crippen molar-refractivity contribution in [2.24, 2.45) is 0 Å². The first kappa shape index (κ1) is 13.4. The average molecular weight is 350 g/mol. The number of Topliss-reactive ketones (excluding diaryl/α,β-unsaturated/α-hetero) is 1. The maximum atomic E-state index is 13.7. The zero-order valence-corrected chi connectivity index (χ0v) is 12.7. The predicted molar refractivity (Wildman–Crippen MR) is 81.8 cm³/mol. The molecule has 3 rings (SSSR count). The van der Waals surface area contributed by atoms with Crippen LogP contribution in [-0.2, 0) is 6.42 Å². The van der Waals surface area contributed by atoms with Crippen molar-refractivity contribution in [3.05, 3.63) is 63.3 Å². The molecule has 2 aromatic carbocycles. The van der Waals surface area contributed by atoms with Crippen LogP contribution >= 0.6 is 27.3 Å². The molecule has 0 saturated heterocycles. The van der Waals surface area contributed by atoms with E-state index in [1.807, 2.05) is 24.3 Å². The monoisotopic (exact) mass is 349 g/mol. The molecule has 1 aromatic heterocycles. The Hall–Kier alpha value is -1.59. The van der Waals surface area contributed by atoms with E-state index in [9.17, 15) is 9.18 Å². The summed E-state index contributed by atoms with van der Waals surface area (Å²) in [5.41, 5.74) is 1.19. The van der Waals surface area contributed by atoms with Gasteiger partial charge in [-0.1, -0.05) is 34.1 Å². The molecule has 0 aliphatic rings. The van der Waals surface area contributed by atoms with Gasteiger partial charge in [0.1, 0.15) is 5.82 Å². The Bertz CT molecular complexity index is 766. The van der Waals surface area contributed by atoms with Gasteiger partial charge >= 0.3 is 0 Å². The van der Waals surface area contributed by atoms with Gasteiger partial charge in [-0.3, -0.25) is 4.79 Å². The second kappa shape index (κ2) is 5.42. The van der Waals surface area contributed by atoms with E-state index in [0.29, 0.717) is 15.0 Å². The van der Waals surface area contributed by atoms with E-state index in [-0.39, 0.29) is 18.0 Å². The van der Waals surface area contributed by atoms with Crippen molar-refractivity contribution < 1.29 is 9.18 Å². The summed E-state index contributed by atoms with van der Waals surface area (Å²) >= 11 is 4.54. The van der Waals surface area contributed by atoms with Gasteiger partial charge in [-0.05, 0) is 29.8 Å². The second-order valence-corrected chi connectivity index (χ2v) is 6.27. The highest BCUT2D eigenvalue weighted by Gasteiger charge is 2.15. The smallest absolute Gasteiger partial charge is 0.195 e. The first-order valence-electron chi connectivity index (χ1n) is 5.96. The molecule has 20 heavy (non-hydrogen) atoms. The Morgan fingerprint density at radius 1 is 1.25 bits per heavy atom. The molecule has 0 spiro atoms. The lowest BCUT2D eigenvalue weighted by atomic mass is 10.1. The molecule has 0 unspecified atom stereocenters. The minimum Gasteiger partial charge on any atom is -0.291 e. The summed E-state index contributed by atoms with van der Waals surface area (Å²) in [6, 6.07) is 12.3. The highest BCUT2D eigenvalue weighted by Crippen LogP contribution is 2.23. The molecule has 0 N–H and O–H groups in total. The Balaban J connectivity index is 1.89. The number of hydrogen-bond acceptors (Lipinski definition) is 3. The molecule has 1 heterocycles. The van der Waals surface area contributed by atoms with Gasteiger partial charge in [0.2, 0.25) is 0 Å². The van der Waals surface area contributed by atoms with Crippen LogP contribution in [0.25, 0.3) is 10.2 Å². The van der Waals surface area contributed by atoms with Crippen LogP contribution in [-0.4, -0.2) is 10.8 Å². The van der Waals surface area contributed by atoms with E-state index < -0.39 is 0 Å². The fraction of sp³-hybridized carbons (Fsp3) is 0.0667. The summed E-state index contributed by atoms with van der Waals surface area (Å²) in [6.45, 7) is 0. The van der Waals surface area contributed by atoms with Gasteiger partial charge in [-0.2, -0.15) is 0 Å². The Kier molecular flexibility index (Phi) is 3.63. The van der Waals surface area contributed by atoms with Gasteiger partial charge in [-0.25, -0.2) is 9.37 Å². The van der Waals surface area contributed by atoms with Gasteiger partial charge < -0.3 is 0 Å². The Morgan fingerprint density at radius 2 is 2.05 bits per heavy atom. The summed E-state index contributed by atoms with van der Waals surface area (Å²) < 4.78 is 15.4. The number of ketones is 1. The van der Waals surface area contributed by atoms with Gasteiger partial charge in [0.15, 0.2) is 10.8 Å². The van der Waals surface area contributed by atoms with Crippen LogP contribution in [0.15, 0.2) is 46.9 Å². The average Bonchev–Trinajstić information content (AvgIpc) is 2.86. The standard InChI is InChI=1S/C15H9BrFNOS/c16-10-6-5-9(11(17)8-10)7-13(19)15-18-12-3-1-2-4-14(12)20-15/h1-6,8H,7H2. The first-order chi connectivity index (χ1) is 9.63. The van der Waals surface area contributed by atoms with Crippen molar-refractivity contribution in [3.8, 4) is 0 Å². The quantitative estimate of drug-likeness (QED) is 0.645. The van der Waals surface area contributed by atoms with Gasteiger partial charge in [0.05, 0.1) is 10.2 Å². The largest absolute Gasteiger partial charge is 0.291 e. The number of thiazole rings is 1. The second-order valence-electron chi connectivity index (χ2n) is 4.32. The maximum Gasteiger partial charge on any atom is 0.195 e. The summed E-state index contributed by atoms with van der Waals surface area (Å²) in [6.07, 6.45) is 0.0267. The number of para-hydroxylation sites is 1. The molecular weight excluding hydrogens is 341 g/mol. The number of halogens is 2. The van der Waals surface area contributed by atoms with Crippen molar-refractivity contribution in [2.75, 3.05) is 0 Å². The molecular formula is C15H9BrFNOS. The van der Waals surface area contributed by atoms with Gasteiger partial charge in [-0.15, -0.1) is 11.3 Å². The predicted octanol–water partition coefficient (Wildman–Crippen LogP) is 4.62. The van der Waals surface area contributed by atoms with Crippen LogP contribution in [0.3, 0.4) is 0 Å². The number of benzene rings is 2. The van der Waals surface area contributed by atoms with E-state index in [4.69, 9.17) is 0 Å². The van der Waals surface area contributed by atoms with Crippen molar-refractivity contribution in [2.45, 2.75) is 6.42 Å². The lowest BCUT2D eigenvalue weighted by Crippen LogP contribution is -2.04. The summed E-state index contributed by atoms with van der Waals surface area (Å²) in [7, 11) is 0. The Labute approximate surface area is 127 Å². The number of nitrogens with zero attached hydrogens (tertiary/aromatic N) is 1. The van der Waals surface area contributed by atoms with Crippen LogP contribution in [0.1, 0.15) is 15.4 Å². The van der Waals surface area contributed by atoms with E-state index in [1.54, 1.807) is 12.1 Å². The van der Waals surface area contributed by atoms with Crippen LogP contribution in [0, 0.1) is 5.82 Å². The van der Waals surface area contributed by atoms with E-state index in [2.05, 4.69) is 20.9 Å². The highest BCUT2D eigenvalue weighted by atomic mass is 79.9. The fourth-order valence-corrected chi connectivity index (χ4v) is 3.14. The summed E-state index contributed by atoms with van der Waals surface area (Å²) in [4.78, 5) is 16.5. The molecule has 0 amide bonds. The van der Waals surface area contributed by atoms with Crippen molar-refractivity contribution >= 4 is 43.3 Å². The number of carbonyl (C=O) groups is 1. The number of aromatic nitrogens is 1. The third kappa shape index (κ3) is 2.64. The van der Waals surface area contributed by atoms with Gasteiger partial charge in [0.25, 0.3) is 0 Å². The van der Waals surface area contributed by atoms with Crippen LogP contribution in [0.5, 0.6) is 0 Å². The molecule has 2 nitrogen and oxygen atoms in total. The molecule has 100 valence electrons. The number of hydrogen-bond donors (Lipinski definition) is 0. The van der Waals surface area contributed by atoms with Crippen molar-refractivity contribution in [1.29, 1.82) is 0 Å². The minimum atomic E-state index is -0.381. The first-order valence-corrected chi connectivity index (χ1v) is 7.57. The van der Waals surface area contributed by atoms with Crippen LogP contribution < -0.4 is 0 Å². The Morgan fingerprint density at radius 3 is 2.80 bits per heavy atom. The topological polar surface area (TPSA) is 30.0 Å². The summed E-state index contributed by atoms with van der Waals surface area (Å²) in [5, 5.41) is 0.425. The number of carbonyl (C=O) groups excluding carboxylic acids is 1. The third-order valence-electron chi connectivity index (χ3n) is 2.90. The molecule has 3 aromatic rings. The van der Waals surface area contributed by atoms with E-state index in [1.165, 1.54) is 17.4 Å². The molecule has 0 saturated carbocycles. The molecule has 0 aliphatic carbocycles. The lowest BCUT2D eigenvalue weighted by molar-refractivity contribution is 0.0991. The van der Waals surface area contributed by atoms with E-state index >= 15 is 0 Å². The normalized spacial score (nSPS) is 10.9. The van der Waals surface area contributed by atoms with Crippen LogP contribution in [0.4, 0.5) is 4.39 Å². The van der Waals surface area contributed by atoms with Crippen LogP contribution in [0.2, 0.25) is 0 Å². The maximum absolute atomic E-state index is 13.7. The lowest BCUT2D eigenvalue weighted by Gasteiger charge is -2.01. The highest BCUT2D eigenvalue weighted by molar-refractivity contribution is 9.10. The number of rotatable bonds is 3. The molecule has 0 atom stereocenters. The molecule has 5 heteroatoms. The zero-order chi connectivity index (χ0) is 14.1.